The first-order valence-electron chi connectivity index (χ1n) is 11.6. The third kappa shape index (κ3) is 4.19. The van der Waals surface area contributed by atoms with E-state index < -0.39 is 17.4 Å². The van der Waals surface area contributed by atoms with Crippen molar-refractivity contribution >= 4 is 38.9 Å². The van der Waals surface area contributed by atoms with Crippen LogP contribution in [0.4, 0.5) is 0 Å². The number of fused-ring (bicyclic) bond motifs is 1. The van der Waals surface area contributed by atoms with E-state index in [1.807, 2.05) is 30.3 Å². The molecule has 3 aromatic carbocycles. The second-order valence-corrected chi connectivity index (χ2v) is 9.96. The number of carbonyl (C=O) groups is 1. The normalized spacial score (nSPS) is 11.2. The van der Waals surface area contributed by atoms with E-state index in [4.69, 9.17) is 20.8 Å². The number of hydrogen-bond donors (Lipinski definition) is 2. The van der Waals surface area contributed by atoms with Gasteiger partial charge >= 0.3 is 0 Å². The van der Waals surface area contributed by atoms with E-state index in [-0.39, 0.29) is 17.0 Å². The topological polar surface area (TPSA) is 97.7 Å². The predicted molar refractivity (Wildman–Crippen MR) is 146 cm³/mol. The van der Waals surface area contributed by atoms with Crippen molar-refractivity contribution in [1.29, 1.82) is 0 Å². The van der Waals surface area contributed by atoms with Gasteiger partial charge < -0.3 is 19.4 Å². The van der Waals surface area contributed by atoms with Gasteiger partial charge in [-0.05, 0) is 79.2 Å². The third-order valence-electron chi connectivity index (χ3n) is 5.95. The summed E-state index contributed by atoms with van der Waals surface area (Å²) in [6.07, 6.45) is 0. The van der Waals surface area contributed by atoms with Gasteiger partial charge in [-0.25, -0.2) is 4.98 Å². The number of benzene rings is 3. The number of para-hydroxylation sites is 1. The number of nitrogens with zero attached hydrogens (tertiary/aromatic N) is 2. The molecule has 0 bridgehead atoms. The van der Waals surface area contributed by atoms with Crippen molar-refractivity contribution in [2.75, 3.05) is 0 Å². The molecule has 9 heteroatoms. The first-order chi connectivity index (χ1) is 18.4. The van der Waals surface area contributed by atoms with Gasteiger partial charge in [0.1, 0.15) is 17.3 Å². The van der Waals surface area contributed by atoms with Crippen molar-refractivity contribution in [3.05, 3.63) is 107 Å². The molecule has 7 nitrogen and oxygen atoms in total. The number of carbonyl (C=O) groups excluding carboxylic acids is 1. The van der Waals surface area contributed by atoms with E-state index in [9.17, 15) is 15.0 Å². The molecule has 3 heterocycles. The number of aromatic nitrogens is 2. The number of ether oxygens (including phenoxy) is 1. The molecule has 0 aliphatic carbocycles. The van der Waals surface area contributed by atoms with Gasteiger partial charge in [-0.15, -0.1) is 0 Å². The Balaban J connectivity index is 1.53. The summed E-state index contributed by atoms with van der Waals surface area (Å²) in [6, 6.07) is 24.8. The lowest BCUT2D eigenvalue weighted by molar-refractivity contribution is 0.101. The van der Waals surface area contributed by atoms with E-state index in [0.29, 0.717) is 38.5 Å². The molecule has 3 aromatic heterocycles. The standard InChI is InChI=1S/C29H19ClN2O5S/c1-16-7-14-22(36-16)26(33)24-25(17-8-11-20(12-9-17)37-19-5-3-2-4-6-19)32(28(35)27(24)34)29-31-21-13-10-18(30)15-23(21)38-29/h2-15,34-35H,1H3. The number of furan rings is 1. The highest BCUT2D eigenvalue weighted by atomic mass is 35.5. The summed E-state index contributed by atoms with van der Waals surface area (Å²) in [5.74, 6) is 0.183. The minimum absolute atomic E-state index is 0.0383. The first kappa shape index (κ1) is 23.8. The van der Waals surface area contributed by atoms with Crippen molar-refractivity contribution in [3.63, 3.8) is 0 Å². The van der Waals surface area contributed by atoms with E-state index in [1.54, 1.807) is 55.5 Å². The van der Waals surface area contributed by atoms with E-state index in [1.165, 1.54) is 22.0 Å². The Hall–Kier alpha value is -4.53. The number of rotatable bonds is 6. The van der Waals surface area contributed by atoms with E-state index >= 15 is 0 Å². The highest BCUT2D eigenvalue weighted by Crippen LogP contribution is 2.45. The first-order valence-corrected chi connectivity index (χ1v) is 12.8. The number of aryl methyl sites for hydroxylation is 1. The molecule has 0 aliphatic rings. The minimum atomic E-state index is -0.576. The van der Waals surface area contributed by atoms with Crippen molar-refractivity contribution in [1.82, 2.24) is 9.55 Å². The third-order valence-corrected chi connectivity index (χ3v) is 7.19. The van der Waals surface area contributed by atoms with Crippen molar-refractivity contribution in [3.8, 4) is 39.5 Å². The largest absolute Gasteiger partial charge is 0.503 e. The van der Waals surface area contributed by atoms with Crippen LogP contribution in [0.2, 0.25) is 5.02 Å². The highest BCUT2D eigenvalue weighted by molar-refractivity contribution is 7.20. The Morgan fingerprint density at radius 1 is 0.974 bits per heavy atom. The number of hydrogen-bond acceptors (Lipinski definition) is 7. The van der Waals surface area contributed by atoms with Gasteiger partial charge in [0, 0.05) is 5.02 Å². The molecule has 6 rings (SSSR count). The molecule has 6 aromatic rings. The fourth-order valence-corrected chi connectivity index (χ4v) is 5.44. The lowest BCUT2D eigenvalue weighted by atomic mass is 10.0. The molecular formula is C29H19ClN2O5S. The van der Waals surface area contributed by atoms with Crippen LogP contribution in [-0.4, -0.2) is 25.5 Å². The van der Waals surface area contributed by atoms with Crippen LogP contribution in [0.25, 0.3) is 26.6 Å². The predicted octanol–water partition coefficient (Wildman–Crippen LogP) is 7.74. The number of aromatic hydroxyl groups is 2. The number of ketones is 1. The zero-order valence-corrected chi connectivity index (χ0v) is 21.5. The summed E-state index contributed by atoms with van der Waals surface area (Å²) >= 11 is 7.42. The molecule has 0 aliphatic heterocycles. The molecule has 0 amide bonds. The van der Waals surface area contributed by atoms with Crippen LogP contribution in [0.15, 0.2) is 89.3 Å². The second-order valence-electron chi connectivity index (χ2n) is 8.52. The maximum Gasteiger partial charge on any atom is 0.242 e. The lowest BCUT2D eigenvalue weighted by Crippen LogP contribution is -2.04. The average Bonchev–Trinajstić information content (AvgIpc) is 3.60. The van der Waals surface area contributed by atoms with Crippen LogP contribution in [0.5, 0.6) is 23.1 Å². The van der Waals surface area contributed by atoms with Crippen LogP contribution in [0.3, 0.4) is 0 Å². The van der Waals surface area contributed by atoms with Gasteiger partial charge in [-0.3, -0.25) is 9.36 Å². The average molecular weight is 543 g/mol. The minimum Gasteiger partial charge on any atom is -0.503 e. The monoisotopic (exact) mass is 542 g/mol. The molecule has 188 valence electrons. The van der Waals surface area contributed by atoms with E-state index in [0.717, 1.165) is 4.70 Å². The molecule has 0 saturated heterocycles. The molecule has 0 radical (unpaired) electrons. The molecule has 0 saturated carbocycles. The summed E-state index contributed by atoms with van der Waals surface area (Å²) in [7, 11) is 0. The zero-order valence-electron chi connectivity index (χ0n) is 19.9. The van der Waals surface area contributed by atoms with Crippen LogP contribution in [0, 0.1) is 6.92 Å². The van der Waals surface area contributed by atoms with Gasteiger partial charge in [-0.1, -0.05) is 41.1 Å². The molecule has 38 heavy (non-hydrogen) atoms. The molecular weight excluding hydrogens is 524 g/mol. The van der Waals surface area contributed by atoms with Crippen molar-refractivity contribution in [2.24, 2.45) is 0 Å². The fraction of sp³-hybridized carbons (Fsp3) is 0.0345. The summed E-state index contributed by atoms with van der Waals surface area (Å²) in [4.78, 5) is 18.2. The Morgan fingerprint density at radius 2 is 1.71 bits per heavy atom. The summed E-state index contributed by atoms with van der Waals surface area (Å²) in [5.41, 5.74) is 1.36. The van der Waals surface area contributed by atoms with Gasteiger partial charge in [0.2, 0.25) is 11.7 Å². The quantitative estimate of drug-likeness (QED) is 0.209. The molecule has 2 N–H and O–H groups in total. The van der Waals surface area contributed by atoms with Crippen LogP contribution in [0.1, 0.15) is 21.9 Å². The number of thiazole rings is 1. The maximum atomic E-state index is 13.6. The van der Waals surface area contributed by atoms with Gasteiger partial charge in [-0.2, -0.15) is 0 Å². The van der Waals surface area contributed by atoms with E-state index in [2.05, 4.69) is 4.98 Å². The Labute approximate surface area is 225 Å². The highest BCUT2D eigenvalue weighted by Gasteiger charge is 2.32. The zero-order chi connectivity index (χ0) is 26.4. The van der Waals surface area contributed by atoms with Crippen LogP contribution < -0.4 is 4.74 Å². The smallest absolute Gasteiger partial charge is 0.242 e. The van der Waals surface area contributed by atoms with Crippen LogP contribution >= 0.6 is 22.9 Å². The second kappa shape index (κ2) is 9.41. The van der Waals surface area contributed by atoms with Crippen LogP contribution in [-0.2, 0) is 0 Å². The molecule has 0 fully saturated rings. The van der Waals surface area contributed by atoms with Crippen molar-refractivity contribution in [2.45, 2.75) is 6.92 Å². The summed E-state index contributed by atoms with van der Waals surface area (Å²) in [5, 5.41) is 23.0. The summed E-state index contributed by atoms with van der Waals surface area (Å²) in [6.45, 7) is 1.72. The van der Waals surface area contributed by atoms with Gasteiger partial charge in [0.15, 0.2) is 16.6 Å². The Morgan fingerprint density at radius 3 is 2.42 bits per heavy atom. The van der Waals surface area contributed by atoms with Crippen molar-refractivity contribution < 1.29 is 24.2 Å². The Bertz CT molecular complexity index is 1800. The van der Waals surface area contributed by atoms with Gasteiger partial charge in [0.05, 0.1) is 21.5 Å². The molecule has 0 atom stereocenters. The SMILES string of the molecule is Cc1ccc(C(=O)c2c(O)c(O)n(-c3nc4ccc(Cl)cc4s3)c2-c2ccc(Oc3ccccc3)cc2)o1. The number of halogens is 1. The fourth-order valence-electron chi connectivity index (χ4n) is 4.19. The molecule has 0 unspecified atom stereocenters. The van der Waals surface area contributed by atoms with Gasteiger partial charge in [0.25, 0.3) is 0 Å². The lowest BCUT2D eigenvalue weighted by Gasteiger charge is -2.10. The molecule has 0 spiro atoms. The summed E-state index contributed by atoms with van der Waals surface area (Å²) < 4.78 is 13.6. The maximum absolute atomic E-state index is 13.6. The Kier molecular flexibility index (Phi) is 5.90.